The highest BCUT2D eigenvalue weighted by molar-refractivity contribution is 5.79. The molecule has 3 N–H and O–H groups in total. The maximum atomic E-state index is 12.1. The molecule has 0 aliphatic rings. The topological polar surface area (TPSA) is 72.9 Å². The number of hydrogen-bond donors (Lipinski definition) is 2. The Labute approximate surface area is 115 Å². The smallest absolute Gasteiger partial charge is 0.225 e. The highest BCUT2D eigenvalue weighted by atomic mass is 16.2. The van der Waals surface area contributed by atoms with Gasteiger partial charge in [0.05, 0.1) is 12.1 Å². The number of aromatic nitrogens is 2. The lowest BCUT2D eigenvalue weighted by Crippen LogP contribution is -2.46. The van der Waals surface area contributed by atoms with Gasteiger partial charge in [-0.05, 0) is 46.6 Å². The van der Waals surface area contributed by atoms with E-state index in [0.717, 1.165) is 5.56 Å². The summed E-state index contributed by atoms with van der Waals surface area (Å²) < 4.78 is 1.89. The number of rotatable bonds is 5. The number of nitrogens with one attached hydrogen (secondary N) is 1. The molecule has 1 aromatic heterocycles. The molecule has 1 amide bonds. The Morgan fingerprint density at radius 3 is 2.53 bits per heavy atom. The monoisotopic (exact) mass is 266 g/mol. The molecule has 1 unspecified atom stereocenters. The van der Waals surface area contributed by atoms with Gasteiger partial charge in [-0.25, -0.2) is 0 Å². The molecule has 1 heterocycles. The second-order valence-electron chi connectivity index (χ2n) is 6.30. The van der Waals surface area contributed by atoms with Crippen LogP contribution in [0.4, 0.5) is 0 Å². The second kappa shape index (κ2) is 6.19. The maximum absolute atomic E-state index is 12.1. The lowest BCUT2D eigenvalue weighted by atomic mass is 9.99. The van der Waals surface area contributed by atoms with Crippen molar-refractivity contribution in [2.45, 2.75) is 52.6 Å². The molecule has 5 nitrogen and oxygen atoms in total. The van der Waals surface area contributed by atoms with Gasteiger partial charge in [0.1, 0.15) is 0 Å². The Hall–Kier alpha value is -1.36. The molecule has 5 heteroatoms. The van der Waals surface area contributed by atoms with E-state index in [9.17, 15) is 4.79 Å². The van der Waals surface area contributed by atoms with Crippen LogP contribution in [0.1, 0.15) is 46.2 Å². The molecule has 0 radical (unpaired) electrons. The molecule has 0 aromatic carbocycles. The third-order valence-corrected chi connectivity index (χ3v) is 2.82. The van der Waals surface area contributed by atoms with E-state index in [1.54, 1.807) is 0 Å². The van der Waals surface area contributed by atoms with E-state index >= 15 is 0 Å². The Morgan fingerprint density at radius 1 is 1.47 bits per heavy atom. The molecule has 0 aliphatic heterocycles. The molecule has 0 aliphatic carbocycles. The van der Waals surface area contributed by atoms with E-state index in [4.69, 9.17) is 5.73 Å². The van der Waals surface area contributed by atoms with Gasteiger partial charge in [-0.2, -0.15) is 5.10 Å². The minimum Gasteiger partial charge on any atom is -0.351 e. The van der Waals surface area contributed by atoms with Crippen LogP contribution in [0.5, 0.6) is 0 Å². The first kappa shape index (κ1) is 15.7. The van der Waals surface area contributed by atoms with Crippen LogP contribution in [-0.4, -0.2) is 27.8 Å². The van der Waals surface area contributed by atoms with Gasteiger partial charge in [0.15, 0.2) is 0 Å². The zero-order valence-corrected chi connectivity index (χ0v) is 12.6. The summed E-state index contributed by atoms with van der Waals surface area (Å²) in [6.07, 6.45) is 4.43. The largest absolute Gasteiger partial charge is 0.351 e. The molecule has 0 spiro atoms. The summed E-state index contributed by atoms with van der Waals surface area (Å²) in [5.74, 6) is -0.198. The quantitative estimate of drug-likeness (QED) is 0.848. The van der Waals surface area contributed by atoms with Crippen LogP contribution >= 0.6 is 0 Å². The molecule has 0 saturated carbocycles. The van der Waals surface area contributed by atoms with Crippen molar-refractivity contribution in [3.8, 4) is 0 Å². The molecule has 1 rings (SSSR count). The summed E-state index contributed by atoms with van der Waals surface area (Å²) in [4.78, 5) is 12.1. The van der Waals surface area contributed by atoms with Crippen LogP contribution in [0.2, 0.25) is 0 Å². The first-order valence-electron chi connectivity index (χ1n) is 6.78. The van der Waals surface area contributed by atoms with Crippen molar-refractivity contribution in [3.05, 3.63) is 18.0 Å². The number of nitrogens with zero attached hydrogens (tertiary/aromatic N) is 2. The van der Waals surface area contributed by atoms with Crippen LogP contribution in [0, 0.1) is 5.92 Å². The summed E-state index contributed by atoms with van der Waals surface area (Å²) >= 11 is 0. The Kier molecular flexibility index (Phi) is 5.11. The maximum Gasteiger partial charge on any atom is 0.225 e. The van der Waals surface area contributed by atoms with Crippen molar-refractivity contribution in [1.29, 1.82) is 0 Å². The zero-order valence-electron chi connectivity index (χ0n) is 12.6. The Bertz CT molecular complexity index is 417. The zero-order chi connectivity index (χ0) is 14.6. The average molecular weight is 266 g/mol. The predicted octanol–water partition coefficient (Wildman–Crippen LogP) is 1.50. The second-order valence-corrected chi connectivity index (χ2v) is 6.30. The lowest BCUT2D eigenvalue weighted by molar-refractivity contribution is -0.126. The summed E-state index contributed by atoms with van der Waals surface area (Å²) in [5.41, 5.74) is 6.54. The van der Waals surface area contributed by atoms with Crippen molar-refractivity contribution in [2.75, 3.05) is 6.54 Å². The molecule has 0 saturated heterocycles. The van der Waals surface area contributed by atoms with Gasteiger partial charge in [-0.15, -0.1) is 0 Å². The van der Waals surface area contributed by atoms with E-state index in [0.29, 0.717) is 19.0 Å². The minimum absolute atomic E-state index is 0.00676. The van der Waals surface area contributed by atoms with Crippen LogP contribution in [0.25, 0.3) is 0 Å². The molecule has 1 aromatic rings. The van der Waals surface area contributed by atoms with Crippen LogP contribution in [-0.2, 0) is 11.2 Å². The Balaban J connectivity index is 2.68. The molecular formula is C14H26N4O. The predicted molar refractivity (Wildman–Crippen MR) is 76.8 cm³/mol. The fourth-order valence-corrected chi connectivity index (χ4v) is 1.80. The van der Waals surface area contributed by atoms with Gasteiger partial charge in [0.25, 0.3) is 0 Å². The van der Waals surface area contributed by atoms with Crippen LogP contribution < -0.4 is 11.1 Å². The van der Waals surface area contributed by atoms with Crippen molar-refractivity contribution >= 4 is 5.91 Å². The van der Waals surface area contributed by atoms with Gasteiger partial charge in [0.2, 0.25) is 5.91 Å². The van der Waals surface area contributed by atoms with E-state index in [1.807, 2.05) is 37.8 Å². The van der Waals surface area contributed by atoms with Crippen molar-refractivity contribution in [3.63, 3.8) is 0 Å². The minimum atomic E-state index is -0.230. The number of carbonyl (C=O) groups excluding carboxylic acids is 1. The molecule has 0 fully saturated rings. The van der Waals surface area contributed by atoms with E-state index in [1.165, 1.54) is 0 Å². The first-order valence-corrected chi connectivity index (χ1v) is 6.78. The van der Waals surface area contributed by atoms with Gasteiger partial charge in [-0.1, -0.05) is 0 Å². The van der Waals surface area contributed by atoms with Gasteiger partial charge in [0, 0.05) is 24.3 Å². The third-order valence-electron chi connectivity index (χ3n) is 2.82. The number of carbonyl (C=O) groups is 1. The molecule has 0 bridgehead atoms. The fraction of sp³-hybridized carbons (Fsp3) is 0.714. The fourth-order valence-electron chi connectivity index (χ4n) is 1.80. The van der Waals surface area contributed by atoms with E-state index in [-0.39, 0.29) is 17.4 Å². The standard InChI is InChI=1S/C14H26N4O/c1-10(2)18-9-11(8-16-18)6-12(7-15)13(19)17-14(3,4)5/h8-10,12H,6-7,15H2,1-5H3,(H,17,19). The van der Waals surface area contributed by atoms with E-state index in [2.05, 4.69) is 24.3 Å². The van der Waals surface area contributed by atoms with E-state index < -0.39 is 0 Å². The number of nitrogens with two attached hydrogens (primary N) is 1. The highest BCUT2D eigenvalue weighted by Crippen LogP contribution is 2.12. The molecule has 19 heavy (non-hydrogen) atoms. The van der Waals surface area contributed by atoms with Gasteiger partial charge in [-0.3, -0.25) is 9.48 Å². The van der Waals surface area contributed by atoms with Crippen LogP contribution in [0.15, 0.2) is 12.4 Å². The first-order chi connectivity index (χ1) is 8.73. The van der Waals surface area contributed by atoms with Gasteiger partial charge >= 0.3 is 0 Å². The lowest BCUT2D eigenvalue weighted by Gasteiger charge is -2.24. The molecular weight excluding hydrogens is 240 g/mol. The van der Waals surface area contributed by atoms with Crippen molar-refractivity contribution in [1.82, 2.24) is 15.1 Å². The number of amides is 1. The number of hydrogen-bond acceptors (Lipinski definition) is 3. The van der Waals surface area contributed by atoms with Gasteiger partial charge < -0.3 is 11.1 Å². The average Bonchev–Trinajstić information content (AvgIpc) is 2.71. The molecule has 108 valence electrons. The summed E-state index contributed by atoms with van der Waals surface area (Å²) in [7, 11) is 0. The normalized spacial score (nSPS) is 13.6. The Morgan fingerprint density at radius 2 is 2.11 bits per heavy atom. The highest BCUT2D eigenvalue weighted by Gasteiger charge is 2.22. The SMILES string of the molecule is CC(C)n1cc(CC(CN)C(=O)NC(C)(C)C)cn1. The van der Waals surface area contributed by atoms with Crippen LogP contribution in [0.3, 0.4) is 0 Å². The summed E-state index contributed by atoms with van der Waals surface area (Å²) in [5, 5.41) is 7.25. The molecule has 1 atom stereocenters. The third kappa shape index (κ3) is 5.03. The summed E-state index contributed by atoms with van der Waals surface area (Å²) in [6, 6.07) is 0.327. The van der Waals surface area contributed by atoms with Crippen molar-refractivity contribution in [2.24, 2.45) is 11.7 Å². The van der Waals surface area contributed by atoms with Crippen molar-refractivity contribution < 1.29 is 4.79 Å². The summed E-state index contributed by atoms with van der Waals surface area (Å²) in [6.45, 7) is 10.4.